The minimum absolute atomic E-state index is 0.249. The maximum absolute atomic E-state index is 11.2. The lowest BCUT2D eigenvalue weighted by Gasteiger charge is -2.07. The molecule has 7 heteroatoms. The van der Waals surface area contributed by atoms with E-state index in [9.17, 15) is 9.59 Å². The molecular weight excluding hydrogens is 302 g/mol. The predicted octanol–water partition coefficient (Wildman–Crippen LogP) is 1.97. The Morgan fingerprint density at radius 1 is 1.39 bits per heavy atom. The number of hydrogen-bond acceptors (Lipinski definition) is 4. The molecular formula is C11H8BrN3O3. The van der Waals surface area contributed by atoms with Gasteiger partial charge in [-0.3, -0.25) is 4.79 Å². The van der Waals surface area contributed by atoms with Crippen molar-refractivity contribution in [3.05, 3.63) is 50.7 Å². The lowest BCUT2D eigenvalue weighted by Crippen LogP contribution is -2.19. The largest absolute Gasteiger partial charge is 0.477 e. The van der Waals surface area contributed by atoms with Gasteiger partial charge in [0.25, 0.3) is 5.56 Å². The van der Waals surface area contributed by atoms with Crippen LogP contribution in [0.2, 0.25) is 0 Å². The van der Waals surface area contributed by atoms with E-state index in [1.807, 2.05) is 18.2 Å². The summed E-state index contributed by atoms with van der Waals surface area (Å²) in [5.74, 6) is -1.05. The van der Waals surface area contributed by atoms with Gasteiger partial charge in [-0.2, -0.15) is 5.10 Å². The monoisotopic (exact) mass is 309 g/mol. The van der Waals surface area contributed by atoms with Crippen molar-refractivity contribution in [2.24, 2.45) is 0 Å². The molecule has 0 amide bonds. The van der Waals surface area contributed by atoms with Crippen molar-refractivity contribution in [2.75, 3.05) is 5.32 Å². The van der Waals surface area contributed by atoms with Crippen molar-refractivity contribution in [3.63, 3.8) is 0 Å². The second-order valence-electron chi connectivity index (χ2n) is 3.41. The summed E-state index contributed by atoms with van der Waals surface area (Å²) < 4.78 is 0.801. The zero-order chi connectivity index (χ0) is 13.1. The molecule has 0 bridgehead atoms. The molecule has 92 valence electrons. The molecule has 0 aliphatic carbocycles. The fourth-order valence-electron chi connectivity index (χ4n) is 1.33. The van der Waals surface area contributed by atoms with E-state index >= 15 is 0 Å². The van der Waals surface area contributed by atoms with Crippen LogP contribution in [-0.2, 0) is 0 Å². The molecule has 18 heavy (non-hydrogen) atoms. The number of rotatable bonds is 3. The number of benzene rings is 1. The molecule has 0 aliphatic rings. The number of carbonyl (C=O) groups is 1. The second-order valence-corrected chi connectivity index (χ2v) is 4.26. The molecule has 0 fully saturated rings. The second kappa shape index (κ2) is 5.01. The van der Waals surface area contributed by atoms with Crippen molar-refractivity contribution in [1.29, 1.82) is 0 Å². The zero-order valence-corrected chi connectivity index (χ0v) is 10.6. The van der Waals surface area contributed by atoms with Crippen LogP contribution in [-0.4, -0.2) is 21.3 Å². The van der Waals surface area contributed by atoms with Crippen LogP contribution in [0.25, 0.3) is 0 Å². The number of anilines is 2. The van der Waals surface area contributed by atoms with Crippen molar-refractivity contribution in [1.82, 2.24) is 10.2 Å². The number of para-hydroxylation sites is 1. The first-order valence-corrected chi connectivity index (χ1v) is 5.72. The third-order valence-electron chi connectivity index (χ3n) is 2.17. The maximum atomic E-state index is 11.2. The number of aromatic nitrogens is 2. The molecule has 0 radical (unpaired) electrons. The molecule has 1 heterocycles. The van der Waals surface area contributed by atoms with Crippen LogP contribution < -0.4 is 10.9 Å². The highest BCUT2D eigenvalue weighted by atomic mass is 79.9. The van der Waals surface area contributed by atoms with E-state index in [-0.39, 0.29) is 11.4 Å². The lowest BCUT2D eigenvalue weighted by molar-refractivity contribution is 0.0694. The average Bonchev–Trinajstić information content (AvgIpc) is 2.34. The lowest BCUT2D eigenvalue weighted by atomic mass is 10.3. The fourth-order valence-corrected chi connectivity index (χ4v) is 1.71. The first-order chi connectivity index (χ1) is 8.58. The van der Waals surface area contributed by atoms with Crippen LogP contribution in [0.3, 0.4) is 0 Å². The summed E-state index contributed by atoms with van der Waals surface area (Å²) in [6, 6.07) is 8.46. The SMILES string of the molecule is O=C(O)c1cc(Nc2ccccc2Br)n[nH]c1=O. The Hall–Kier alpha value is -2.15. The molecule has 2 rings (SSSR count). The summed E-state index contributed by atoms with van der Waals surface area (Å²) in [6.45, 7) is 0. The van der Waals surface area contributed by atoms with Gasteiger partial charge in [0.15, 0.2) is 5.82 Å². The van der Waals surface area contributed by atoms with Gasteiger partial charge in [0.2, 0.25) is 0 Å². The number of halogens is 1. The molecule has 6 nitrogen and oxygen atoms in total. The number of carboxylic acids is 1. The van der Waals surface area contributed by atoms with E-state index in [4.69, 9.17) is 5.11 Å². The zero-order valence-electron chi connectivity index (χ0n) is 8.98. The standard InChI is InChI=1S/C11H8BrN3O3/c12-7-3-1-2-4-8(7)13-9-5-6(11(17)18)10(16)15-14-9/h1-5H,(H,13,14)(H,15,16)(H,17,18). The van der Waals surface area contributed by atoms with E-state index in [1.165, 1.54) is 6.07 Å². The Morgan fingerprint density at radius 2 is 2.11 bits per heavy atom. The third kappa shape index (κ3) is 2.57. The van der Waals surface area contributed by atoms with Gasteiger partial charge in [0, 0.05) is 10.5 Å². The third-order valence-corrected chi connectivity index (χ3v) is 2.86. The molecule has 1 aromatic heterocycles. The van der Waals surface area contributed by atoms with Crippen LogP contribution in [0.4, 0.5) is 11.5 Å². The predicted molar refractivity (Wildman–Crippen MR) is 69.2 cm³/mol. The molecule has 3 N–H and O–H groups in total. The Kier molecular flexibility index (Phi) is 3.42. The molecule has 0 spiro atoms. The summed E-state index contributed by atoms with van der Waals surface area (Å²) >= 11 is 3.34. The summed E-state index contributed by atoms with van der Waals surface area (Å²) in [6.07, 6.45) is 0. The molecule has 0 aliphatic heterocycles. The van der Waals surface area contributed by atoms with Gasteiger partial charge in [-0.05, 0) is 28.1 Å². The van der Waals surface area contributed by atoms with E-state index in [1.54, 1.807) is 6.07 Å². The topological polar surface area (TPSA) is 95.1 Å². The van der Waals surface area contributed by atoms with E-state index in [2.05, 4.69) is 31.4 Å². The minimum atomic E-state index is -1.30. The highest BCUT2D eigenvalue weighted by molar-refractivity contribution is 9.10. The number of hydrogen-bond donors (Lipinski definition) is 3. The molecule has 0 saturated heterocycles. The Morgan fingerprint density at radius 3 is 2.78 bits per heavy atom. The number of nitrogens with one attached hydrogen (secondary N) is 2. The highest BCUT2D eigenvalue weighted by Crippen LogP contribution is 2.23. The van der Waals surface area contributed by atoms with E-state index in [0.717, 1.165) is 4.47 Å². The average molecular weight is 310 g/mol. The number of aromatic carboxylic acids is 1. The van der Waals surface area contributed by atoms with Gasteiger partial charge in [0.1, 0.15) is 5.56 Å². The van der Waals surface area contributed by atoms with Crippen LogP contribution in [0.5, 0.6) is 0 Å². The summed E-state index contributed by atoms with van der Waals surface area (Å²) in [7, 11) is 0. The first-order valence-electron chi connectivity index (χ1n) is 4.92. The van der Waals surface area contributed by atoms with Gasteiger partial charge in [-0.25, -0.2) is 9.89 Å². The number of nitrogens with zero attached hydrogens (tertiary/aromatic N) is 1. The maximum Gasteiger partial charge on any atom is 0.341 e. The number of aromatic amines is 1. The van der Waals surface area contributed by atoms with Crippen molar-refractivity contribution in [2.45, 2.75) is 0 Å². The Bertz CT molecular complexity index is 654. The summed E-state index contributed by atoms with van der Waals surface area (Å²) in [4.78, 5) is 22.0. The molecule has 0 unspecified atom stereocenters. The summed E-state index contributed by atoms with van der Waals surface area (Å²) in [5, 5.41) is 17.6. The van der Waals surface area contributed by atoms with E-state index < -0.39 is 11.5 Å². The number of carboxylic acid groups (broad SMARTS) is 1. The molecule has 0 atom stereocenters. The minimum Gasteiger partial charge on any atom is -0.477 e. The van der Waals surface area contributed by atoms with E-state index in [0.29, 0.717) is 5.69 Å². The van der Waals surface area contributed by atoms with Gasteiger partial charge >= 0.3 is 5.97 Å². The van der Waals surface area contributed by atoms with Crippen LogP contribution in [0.15, 0.2) is 39.6 Å². The highest BCUT2D eigenvalue weighted by Gasteiger charge is 2.10. The smallest absolute Gasteiger partial charge is 0.341 e. The van der Waals surface area contributed by atoms with Gasteiger partial charge in [-0.15, -0.1) is 0 Å². The van der Waals surface area contributed by atoms with Gasteiger partial charge in [-0.1, -0.05) is 12.1 Å². The Labute approximate surface area is 110 Å². The normalized spacial score (nSPS) is 10.1. The van der Waals surface area contributed by atoms with Crippen LogP contribution >= 0.6 is 15.9 Å². The van der Waals surface area contributed by atoms with Crippen LogP contribution in [0.1, 0.15) is 10.4 Å². The summed E-state index contributed by atoms with van der Waals surface area (Å²) in [5.41, 5.74) is -0.381. The number of H-pyrrole nitrogens is 1. The van der Waals surface area contributed by atoms with Crippen molar-refractivity contribution in [3.8, 4) is 0 Å². The molecule has 0 saturated carbocycles. The van der Waals surface area contributed by atoms with Crippen molar-refractivity contribution < 1.29 is 9.90 Å². The van der Waals surface area contributed by atoms with Crippen molar-refractivity contribution >= 4 is 33.4 Å². The fraction of sp³-hybridized carbons (Fsp3) is 0. The Balaban J connectivity index is 2.36. The first kappa shape index (κ1) is 12.3. The van der Waals surface area contributed by atoms with Gasteiger partial charge < -0.3 is 10.4 Å². The quantitative estimate of drug-likeness (QED) is 0.805. The molecule has 1 aromatic carbocycles. The molecule has 2 aromatic rings. The van der Waals surface area contributed by atoms with Crippen LogP contribution in [0, 0.1) is 0 Å². The van der Waals surface area contributed by atoms with Gasteiger partial charge in [0.05, 0.1) is 5.69 Å².